The number of nitro benzene ring substituents is 1. The first kappa shape index (κ1) is 28.3. The van der Waals surface area contributed by atoms with E-state index in [1.54, 1.807) is 6.92 Å². The summed E-state index contributed by atoms with van der Waals surface area (Å²) in [5.41, 5.74) is -1.20. The number of rotatable bonds is 5. The number of ether oxygens (including phenoxy) is 2. The normalized spacial score (nSPS) is 30.1. The molecule has 4 rings (SSSR count). The lowest BCUT2D eigenvalue weighted by molar-refractivity contribution is -0.384. The van der Waals surface area contributed by atoms with Crippen LogP contribution in [0.1, 0.15) is 69.2 Å². The molecule has 0 spiro atoms. The molecule has 0 radical (unpaired) electrons. The molecule has 39 heavy (non-hydrogen) atoms. The lowest BCUT2D eigenvalue weighted by atomic mass is 10.0. The van der Waals surface area contributed by atoms with Crippen LogP contribution in [-0.4, -0.2) is 64.4 Å². The molecule has 0 unspecified atom stereocenters. The number of nitrogens with zero attached hydrogens (tertiary/aromatic N) is 2. The van der Waals surface area contributed by atoms with Crippen molar-refractivity contribution in [1.82, 2.24) is 10.2 Å². The molecular formula is C28H35N3O8. The van der Waals surface area contributed by atoms with Gasteiger partial charge in [0.2, 0.25) is 11.8 Å². The van der Waals surface area contributed by atoms with Gasteiger partial charge in [0, 0.05) is 30.4 Å². The second-order valence-corrected chi connectivity index (χ2v) is 10.5. The second kappa shape index (κ2) is 12.0. The molecule has 210 valence electrons. The van der Waals surface area contributed by atoms with Gasteiger partial charge in [0.05, 0.1) is 23.6 Å². The van der Waals surface area contributed by atoms with Gasteiger partial charge in [-0.2, -0.15) is 0 Å². The minimum atomic E-state index is -1.17. The molecule has 3 aliphatic rings. The molecule has 2 amide bonds. The number of carbonyl (C=O) groups excluding carboxylic acids is 4. The zero-order valence-electron chi connectivity index (χ0n) is 22.3. The van der Waals surface area contributed by atoms with E-state index in [9.17, 15) is 29.3 Å². The standard InChI is InChI=1S/C28H35N3O8/c1-3-38-27(35)28-16-20(28)10-8-6-4-5-7-9-18(2)25(33)30-17-22(15-23(30)24(32)29-28)39-26(34)19-11-13-21(14-12-19)31(36)37/h8,10-14,18,20,22-23H,3-7,9,15-17H2,1-2H3,(H,29,32)/b10-8-/t18-,20-,22-,23-,28+/m0/s1. The summed E-state index contributed by atoms with van der Waals surface area (Å²) in [6.45, 7) is 3.76. The minimum Gasteiger partial charge on any atom is -0.464 e. The van der Waals surface area contributed by atoms with Crippen LogP contribution in [0.2, 0.25) is 0 Å². The van der Waals surface area contributed by atoms with Gasteiger partial charge in [-0.15, -0.1) is 0 Å². The van der Waals surface area contributed by atoms with Gasteiger partial charge in [0.15, 0.2) is 0 Å². The Balaban J connectivity index is 1.54. The van der Waals surface area contributed by atoms with Crippen LogP contribution in [-0.2, 0) is 23.9 Å². The number of allylic oxidation sites excluding steroid dienone is 1. The third kappa shape index (κ3) is 6.29. The van der Waals surface area contributed by atoms with Crippen molar-refractivity contribution < 1.29 is 33.6 Å². The van der Waals surface area contributed by atoms with Gasteiger partial charge in [-0.05, 0) is 44.7 Å². The maximum atomic E-state index is 13.6. The van der Waals surface area contributed by atoms with Crippen molar-refractivity contribution in [3.8, 4) is 0 Å². The van der Waals surface area contributed by atoms with E-state index in [1.165, 1.54) is 29.2 Å². The largest absolute Gasteiger partial charge is 0.464 e. The van der Waals surface area contributed by atoms with Crippen LogP contribution in [0.5, 0.6) is 0 Å². The van der Waals surface area contributed by atoms with Crippen LogP contribution < -0.4 is 5.32 Å². The van der Waals surface area contributed by atoms with Gasteiger partial charge in [-0.1, -0.05) is 31.9 Å². The van der Waals surface area contributed by atoms with Gasteiger partial charge in [-0.3, -0.25) is 19.7 Å². The fourth-order valence-corrected chi connectivity index (χ4v) is 5.38. The SMILES string of the molecule is CCOC(=O)[C@@]12C[C@@H]1/C=C\CCCCC[C@H](C)C(=O)N1C[C@@H](OC(=O)c3ccc([N+](=O)[O-])cc3)C[C@H]1C(=O)N2. The number of hydrogen-bond acceptors (Lipinski definition) is 8. The Labute approximate surface area is 227 Å². The third-order valence-electron chi connectivity index (χ3n) is 7.73. The van der Waals surface area contributed by atoms with E-state index in [4.69, 9.17) is 9.47 Å². The smallest absolute Gasteiger partial charge is 0.338 e. The highest BCUT2D eigenvalue weighted by molar-refractivity contribution is 5.96. The van der Waals surface area contributed by atoms with E-state index in [0.29, 0.717) is 12.8 Å². The average Bonchev–Trinajstić information content (AvgIpc) is 3.44. The van der Waals surface area contributed by atoms with Crippen LogP contribution in [0.25, 0.3) is 0 Å². The fraction of sp³-hybridized carbons (Fsp3) is 0.571. The summed E-state index contributed by atoms with van der Waals surface area (Å²) in [5, 5.41) is 13.8. The summed E-state index contributed by atoms with van der Waals surface area (Å²) in [5.74, 6) is -2.39. The molecule has 2 heterocycles. The van der Waals surface area contributed by atoms with E-state index in [-0.39, 0.29) is 48.6 Å². The molecule has 0 aromatic heterocycles. The molecule has 1 saturated heterocycles. The molecule has 1 aromatic carbocycles. The monoisotopic (exact) mass is 541 g/mol. The van der Waals surface area contributed by atoms with Crippen LogP contribution in [0, 0.1) is 22.0 Å². The summed E-state index contributed by atoms with van der Waals surface area (Å²) in [4.78, 5) is 64.5. The maximum absolute atomic E-state index is 13.6. The fourth-order valence-electron chi connectivity index (χ4n) is 5.38. The van der Waals surface area contributed by atoms with E-state index in [0.717, 1.165) is 25.7 Å². The Morgan fingerprint density at radius 2 is 1.92 bits per heavy atom. The Hall–Kier alpha value is -3.76. The first-order valence-electron chi connectivity index (χ1n) is 13.6. The molecule has 1 aliphatic carbocycles. The summed E-state index contributed by atoms with van der Waals surface area (Å²) in [6.07, 6.45) is 8.09. The van der Waals surface area contributed by atoms with Crippen molar-refractivity contribution in [1.29, 1.82) is 0 Å². The van der Waals surface area contributed by atoms with E-state index in [1.807, 2.05) is 19.1 Å². The van der Waals surface area contributed by atoms with Gasteiger partial charge < -0.3 is 19.7 Å². The summed E-state index contributed by atoms with van der Waals surface area (Å²) in [7, 11) is 0. The van der Waals surface area contributed by atoms with Crippen LogP contribution in [0.3, 0.4) is 0 Å². The third-order valence-corrected chi connectivity index (χ3v) is 7.73. The number of fused-ring (bicyclic) bond motifs is 2. The van der Waals surface area contributed by atoms with Crippen molar-refractivity contribution >= 4 is 29.4 Å². The van der Waals surface area contributed by atoms with E-state index in [2.05, 4.69) is 5.32 Å². The van der Waals surface area contributed by atoms with Gasteiger partial charge in [-0.25, -0.2) is 9.59 Å². The van der Waals surface area contributed by atoms with Crippen LogP contribution in [0.15, 0.2) is 36.4 Å². The van der Waals surface area contributed by atoms with E-state index >= 15 is 0 Å². The highest BCUT2D eigenvalue weighted by Gasteiger charge is 2.62. The highest BCUT2D eigenvalue weighted by Crippen LogP contribution is 2.46. The number of benzene rings is 1. The zero-order valence-corrected chi connectivity index (χ0v) is 22.3. The Morgan fingerprint density at radius 1 is 1.18 bits per heavy atom. The van der Waals surface area contributed by atoms with Crippen molar-refractivity contribution in [2.24, 2.45) is 11.8 Å². The minimum absolute atomic E-state index is 0.0374. The van der Waals surface area contributed by atoms with Gasteiger partial charge in [0.1, 0.15) is 17.7 Å². The molecule has 0 bridgehead atoms. The molecule has 11 nitrogen and oxygen atoms in total. The first-order valence-corrected chi connectivity index (χ1v) is 13.6. The topological polar surface area (TPSA) is 145 Å². The van der Waals surface area contributed by atoms with Gasteiger partial charge in [0.25, 0.3) is 5.69 Å². The number of nitro groups is 1. The molecule has 2 fully saturated rings. The number of non-ortho nitro benzene ring substituents is 1. The quantitative estimate of drug-likeness (QED) is 0.259. The molecule has 1 aromatic rings. The number of esters is 2. The van der Waals surface area contributed by atoms with Crippen molar-refractivity contribution in [2.45, 2.75) is 76.5 Å². The molecule has 5 atom stereocenters. The number of nitrogens with one attached hydrogen (secondary N) is 1. The first-order chi connectivity index (χ1) is 18.7. The van der Waals surface area contributed by atoms with Crippen molar-refractivity contribution in [3.05, 3.63) is 52.1 Å². The molecule has 1 N–H and O–H groups in total. The molecular weight excluding hydrogens is 506 g/mol. The number of hydrogen-bond donors (Lipinski definition) is 1. The molecule has 2 aliphatic heterocycles. The van der Waals surface area contributed by atoms with Crippen molar-refractivity contribution in [3.63, 3.8) is 0 Å². The summed E-state index contributed by atoms with van der Waals surface area (Å²) < 4.78 is 10.9. The Bertz CT molecular complexity index is 1150. The molecule has 1 saturated carbocycles. The number of amides is 2. The summed E-state index contributed by atoms with van der Waals surface area (Å²) >= 11 is 0. The zero-order chi connectivity index (χ0) is 28.2. The second-order valence-electron chi connectivity index (χ2n) is 10.5. The highest BCUT2D eigenvalue weighted by atomic mass is 16.6. The predicted molar refractivity (Wildman–Crippen MR) is 139 cm³/mol. The lowest BCUT2D eigenvalue weighted by Crippen LogP contribution is -2.54. The Morgan fingerprint density at radius 3 is 2.62 bits per heavy atom. The maximum Gasteiger partial charge on any atom is 0.338 e. The van der Waals surface area contributed by atoms with Gasteiger partial charge >= 0.3 is 11.9 Å². The van der Waals surface area contributed by atoms with Crippen molar-refractivity contribution in [2.75, 3.05) is 13.2 Å². The number of carbonyl (C=O) groups is 4. The average molecular weight is 542 g/mol. The lowest BCUT2D eigenvalue weighted by Gasteiger charge is -2.28. The predicted octanol–water partition coefficient (Wildman–Crippen LogP) is 3.32. The molecule has 11 heteroatoms. The van der Waals surface area contributed by atoms with E-state index < -0.39 is 40.5 Å². The Kier molecular flexibility index (Phi) is 8.66. The summed E-state index contributed by atoms with van der Waals surface area (Å²) in [6, 6.07) is 4.11. The van der Waals surface area contributed by atoms with Crippen LogP contribution >= 0.6 is 0 Å². The van der Waals surface area contributed by atoms with Crippen LogP contribution in [0.4, 0.5) is 5.69 Å².